The van der Waals surface area contributed by atoms with Crippen LogP contribution in [0.4, 0.5) is 5.69 Å². The number of rotatable bonds is 3. The highest BCUT2D eigenvalue weighted by atomic mass is 32.1. The molecule has 0 aliphatic rings. The summed E-state index contributed by atoms with van der Waals surface area (Å²) < 4.78 is 1.65. The van der Waals surface area contributed by atoms with Gasteiger partial charge in [-0.2, -0.15) is 5.10 Å². The fraction of sp³-hybridized carbons (Fsp3) is 0.0667. The third-order valence-electron chi connectivity index (χ3n) is 2.91. The second kappa shape index (κ2) is 5.90. The maximum atomic E-state index is 11.0. The first-order valence-corrected chi connectivity index (χ1v) is 7.29. The van der Waals surface area contributed by atoms with E-state index in [1.807, 2.05) is 18.2 Å². The minimum Gasteiger partial charge on any atom is -0.478 e. The largest absolute Gasteiger partial charge is 0.478 e. The molecule has 0 unspecified atom stereocenters. The van der Waals surface area contributed by atoms with Gasteiger partial charge in [-0.05, 0) is 30.3 Å². The van der Waals surface area contributed by atoms with Crippen molar-refractivity contribution in [2.75, 3.05) is 0 Å². The molecule has 2 heterocycles. The zero-order chi connectivity index (χ0) is 15.5. The van der Waals surface area contributed by atoms with Gasteiger partial charge in [0.05, 0.1) is 11.3 Å². The lowest BCUT2D eigenvalue weighted by atomic mass is 10.2. The first-order chi connectivity index (χ1) is 10.6. The monoisotopic (exact) mass is 312 g/mol. The van der Waals surface area contributed by atoms with Crippen LogP contribution < -0.4 is 4.80 Å². The Kier molecular flexibility index (Phi) is 3.80. The predicted molar refractivity (Wildman–Crippen MR) is 82.9 cm³/mol. The number of benzene rings is 1. The van der Waals surface area contributed by atoms with Gasteiger partial charge in [-0.25, -0.2) is 14.5 Å². The van der Waals surface area contributed by atoms with Crippen molar-refractivity contribution >= 4 is 23.0 Å². The van der Waals surface area contributed by atoms with Gasteiger partial charge < -0.3 is 5.11 Å². The van der Waals surface area contributed by atoms with Gasteiger partial charge in [-0.15, -0.1) is 0 Å². The number of carbonyl (C=O) groups is 1. The van der Waals surface area contributed by atoms with E-state index >= 15 is 0 Å². The molecule has 1 N–H and O–H groups in total. The van der Waals surface area contributed by atoms with Crippen LogP contribution in [-0.2, 0) is 7.05 Å². The van der Waals surface area contributed by atoms with Gasteiger partial charge in [-0.1, -0.05) is 23.5 Å². The fourth-order valence-electron chi connectivity index (χ4n) is 1.86. The van der Waals surface area contributed by atoms with Crippen LogP contribution in [0.2, 0.25) is 0 Å². The van der Waals surface area contributed by atoms with E-state index in [9.17, 15) is 4.79 Å². The topological polar surface area (TPSA) is 80.4 Å². The van der Waals surface area contributed by atoms with Crippen LogP contribution in [0.1, 0.15) is 10.4 Å². The summed E-state index contributed by atoms with van der Waals surface area (Å²) in [5, 5.41) is 14.2. The van der Waals surface area contributed by atoms with E-state index in [1.54, 1.807) is 30.1 Å². The third kappa shape index (κ3) is 2.94. The average Bonchev–Trinajstić information content (AvgIpc) is 2.89. The second-order valence-corrected chi connectivity index (χ2v) is 5.45. The summed E-state index contributed by atoms with van der Waals surface area (Å²) in [6, 6.07) is 12.1. The normalized spacial score (nSPS) is 11.6. The van der Waals surface area contributed by atoms with Crippen molar-refractivity contribution in [3.8, 4) is 10.7 Å². The Morgan fingerprint density at radius 2 is 2.14 bits per heavy atom. The summed E-state index contributed by atoms with van der Waals surface area (Å²) in [7, 11) is 1.79. The second-order valence-electron chi connectivity index (χ2n) is 4.50. The molecule has 3 rings (SSSR count). The molecule has 1 aromatic carbocycles. The molecule has 110 valence electrons. The number of aryl methyl sites for hydroxylation is 1. The Morgan fingerprint density at radius 3 is 2.86 bits per heavy atom. The molecule has 0 saturated carbocycles. The molecule has 2 aromatic heterocycles. The Morgan fingerprint density at radius 1 is 1.27 bits per heavy atom. The lowest BCUT2D eigenvalue weighted by Gasteiger charge is -1.95. The maximum Gasteiger partial charge on any atom is 0.335 e. The van der Waals surface area contributed by atoms with Crippen molar-refractivity contribution in [1.29, 1.82) is 0 Å². The third-order valence-corrected chi connectivity index (χ3v) is 3.93. The number of carboxylic acid groups (broad SMARTS) is 1. The summed E-state index contributed by atoms with van der Waals surface area (Å²) in [6.45, 7) is 0. The van der Waals surface area contributed by atoms with Gasteiger partial charge in [0, 0.05) is 13.2 Å². The summed E-state index contributed by atoms with van der Waals surface area (Å²) >= 11 is 1.40. The molecule has 0 aliphatic heterocycles. The fourth-order valence-corrected chi connectivity index (χ4v) is 2.74. The summed E-state index contributed by atoms with van der Waals surface area (Å²) in [4.78, 5) is 20.4. The highest BCUT2D eigenvalue weighted by Crippen LogP contribution is 2.17. The molecule has 0 aliphatic carbocycles. The van der Waals surface area contributed by atoms with Crippen LogP contribution in [0, 0.1) is 0 Å². The molecular formula is C15H12N4O2S. The number of hydrogen-bond donors (Lipinski definition) is 1. The molecule has 0 atom stereocenters. The van der Waals surface area contributed by atoms with E-state index in [-0.39, 0.29) is 5.56 Å². The van der Waals surface area contributed by atoms with Gasteiger partial charge in [0.2, 0.25) is 4.80 Å². The van der Waals surface area contributed by atoms with Gasteiger partial charge in [0.25, 0.3) is 0 Å². The van der Waals surface area contributed by atoms with E-state index < -0.39 is 5.97 Å². The van der Waals surface area contributed by atoms with Crippen LogP contribution in [0.25, 0.3) is 10.7 Å². The molecule has 0 saturated heterocycles. The van der Waals surface area contributed by atoms with E-state index in [0.29, 0.717) is 10.5 Å². The predicted octanol–water partition coefficient (Wildman–Crippen LogP) is 2.47. The van der Waals surface area contributed by atoms with Gasteiger partial charge >= 0.3 is 5.97 Å². The molecule has 0 fully saturated rings. The van der Waals surface area contributed by atoms with E-state index in [1.165, 1.54) is 23.5 Å². The number of aromatic nitrogens is 3. The zero-order valence-corrected chi connectivity index (χ0v) is 12.5. The zero-order valence-electron chi connectivity index (χ0n) is 11.7. The van der Waals surface area contributed by atoms with Crippen molar-refractivity contribution in [3.05, 3.63) is 59.0 Å². The molecule has 7 heteroatoms. The highest BCUT2D eigenvalue weighted by molar-refractivity contribution is 7.12. The summed E-state index contributed by atoms with van der Waals surface area (Å²) in [5.74, 6) is -0.972. The molecule has 6 nitrogen and oxygen atoms in total. The molecule has 0 radical (unpaired) electrons. The van der Waals surface area contributed by atoms with Gasteiger partial charge in [0.15, 0.2) is 5.01 Å². The number of hydrogen-bond acceptors (Lipinski definition) is 5. The average molecular weight is 312 g/mol. The van der Waals surface area contributed by atoms with Crippen molar-refractivity contribution in [2.24, 2.45) is 12.0 Å². The maximum absolute atomic E-state index is 11.0. The number of pyridine rings is 1. The smallest absolute Gasteiger partial charge is 0.335 e. The standard InChI is InChI=1S/C15H12N4O2S/c1-19-15(17-11-6-4-5-10(9-11)14(20)21)22-13(18-19)12-7-2-3-8-16-12/h2-9H,1H3,(H,20,21)/b17-15+. The number of carboxylic acids is 1. The number of aromatic carboxylic acids is 1. The number of nitrogens with zero attached hydrogens (tertiary/aromatic N) is 4. The Bertz CT molecular complexity index is 884. The van der Waals surface area contributed by atoms with Crippen molar-refractivity contribution in [3.63, 3.8) is 0 Å². The van der Waals surface area contributed by atoms with Crippen LogP contribution >= 0.6 is 11.3 Å². The van der Waals surface area contributed by atoms with Crippen molar-refractivity contribution in [2.45, 2.75) is 0 Å². The molecule has 0 amide bonds. The first kappa shape index (κ1) is 14.2. The molecule has 22 heavy (non-hydrogen) atoms. The van der Waals surface area contributed by atoms with Crippen LogP contribution in [-0.4, -0.2) is 25.8 Å². The lowest BCUT2D eigenvalue weighted by molar-refractivity contribution is 0.0697. The summed E-state index contributed by atoms with van der Waals surface area (Å²) in [6.07, 6.45) is 1.71. The van der Waals surface area contributed by atoms with Gasteiger partial charge in [0.1, 0.15) is 5.69 Å². The van der Waals surface area contributed by atoms with Crippen LogP contribution in [0.15, 0.2) is 53.7 Å². The SMILES string of the molecule is Cn1nc(-c2ccccn2)s/c1=N/c1cccc(C(=O)O)c1. The van der Waals surface area contributed by atoms with Crippen LogP contribution in [0.5, 0.6) is 0 Å². The molecule has 0 spiro atoms. The quantitative estimate of drug-likeness (QED) is 0.805. The van der Waals surface area contributed by atoms with Crippen molar-refractivity contribution in [1.82, 2.24) is 14.8 Å². The van der Waals surface area contributed by atoms with E-state index in [4.69, 9.17) is 5.11 Å². The van der Waals surface area contributed by atoms with E-state index in [2.05, 4.69) is 15.1 Å². The van der Waals surface area contributed by atoms with E-state index in [0.717, 1.165) is 10.7 Å². The first-order valence-electron chi connectivity index (χ1n) is 6.47. The Hall–Kier alpha value is -2.80. The van der Waals surface area contributed by atoms with Gasteiger partial charge in [-0.3, -0.25) is 4.98 Å². The minimum absolute atomic E-state index is 0.207. The Balaban J connectivity index is 2.04. The van der Waals surface area contributed by atoms with Crippen molar-refractivity contribution < 1.29 is 9.90 Å². The summed E-state index contributed by atoms with van der Waals surface area (Å²) in [5.41, 5.74) is 1.56. The molecule has 3 aromatic rings. The molecule has 0 bridgehead atoms. The Labute approximate surface area is 130 Å². The minimum atomic E-state index is -0.972. The lowest BCUT2D eigenvalue weighted by Crippen LogP contribution is -2.10. The molecular weight excluding hydrogens is 300 g/mol. The highest BCUT2D eigenvalue weighted by Gasteiger charge is 2.07. The van der Waals surface area contributed by atoms with Crippen LogP contribution in [0.3, 0.4) is 0 Å².